The number of hydrogen-bond acceptors (Lipinski definition) is 0. The van der Waals surface area contributed by atoms with E-state index in [4.69, 9.17) is 0 Å². The Balaban J connectivity index is 0.000000345. The van der Waals surface area contributed by atoms with E-state index in [1.807, 2.05) is 0 Å². The van der Waals surface area contributed by atoms with Crippen molar-refractivity contribution < 1.29 is 73.3 Å². The van der Waals surface area contributed by atoms with Gasteiger partial charge in [-0.05, 0) is 25.7 Å². The number of benzene rings is 4. The van der Waals surface area contributed by atoms with Crippen LogP contribution in [0, 0.1) is 0 Å². The molecule has 0 aliphatic carbocycles. The number of hydrogen-bond donors (Lipinski definition) is 0. The second-order valence-corrected chi connectivity index (χ2v) is 13.0. The normalized spacial score (nSPS) is 9.78. The molecule has 0 aliphatic rings. The SMILES string of the molecule is CCCc1cc2ccccc2[cH-]1.CCCc1cc2ccccc2[cH-]1.CCCc1cc2ccccc2[cH-]1.CCCc1cc2ccccc2[cH-]1.[CH2]=[Zr+2].[CH2]=[Zr+2].[Cl-].[Cl-]. The predicted molar refractivity (Wildman–Crippen MR) is 228 cm³/mol. The molecule has 0 saturated heterocycles. The van der Waals surface area contributed by atoms with Gasteiger partial charge in [0, 0.05) is 0 Å². The number of halogens is 2. The Bertz CT molecular complexity index is 1700. The van der Waals surface area contributed by atoms with Crippen LogP contribution in [0.3, 0.4) is 0 Å². The molecule has 0 heterocycles. The van der Waals surface area contributed by atoms with Crippen molar-refractivity contribution >= 4 is 51.5 Å². The van der Waals surface area contributed by atoms with Gasteiger partial charge in [-0.3, -0.25) is 0 Å². The summed E-state index contributed by atoms with van der Waals surface area (Å²) in [7, 11) is 0. The van der Waals surface area contributed by atoms with Crippen LogP contribution in [0.1, 0.15) is 75.6 Å². The molecule has 0 nitrogen and oxygen atoms in total. The van der Waals surface area contributed by atoms with Crippen LogP contribution in [-0.4, -0.2) is 8.42 Å². The van der Waals surface area contributed by atoms with Crippen molar-refractivity contribution in [1.29, 1.82) is 0 Å². The quantitative estimate of drug-likeness (QED) is 0.136. The molecule has 0 unspecified atom stereocenters. The molecule has 280 valence electrons. The molecule has 8 aromatic carbocycles. The summed E-state index contributed by atoms with van der Waals surface area (Å²) in [5, 5.41) is 11.0. The Morgan fingerprint density at radius 3 is 0.704 bits per heavy atom. The van der Waals surface area contributed by atoms with Gasteiger partial charge in [0.1, 0.15) is 0 Å². The molecule has 54 heavy (non-hydrogen) atoms. The number of fused-ring (bicyclic) bond motifs is 4. The fraction of sp³-hybridized carbons (Fsp3) is 0.240. The van der Waals surface area contributed by atoms with Gasteiger partial charge in [-0.2, -0.15) is 24.3 Å². The van der Waals surface area contributed by atoms with Crippen molar-refractivity contribution in [2.24, 2.45) is 0 Å². The van der Waals surface area contributed by atoms with E-state index >= 15 is 0 Å². The monoisotopic (exact) mass is 906 g/mol. The van der Waals surface area contributed by atoms with Crippen molar-refractivity contribution in [3.05, 3.63) is 168 Å². The summed E-state index contributed by atoms with van der Waals surface area (Å²) >= 11 is 2.60. The predicted octanol–water partition coefficient (Wildman–Crippen LogP) is 7.98. The van der Waals surface area contributed by atoms with Crippen LogP contribution in [0.15, 0.2) is 146 Å². The molecule has 0 bridgehead atoms. The zero-order chi connectivity index (χ0) is 37.6. The Labute approximate surface area is 368 Å². The van der Waals surface area contributed by atoms with Crippen LogP contribution >= 0.6 is 0 Å². The third-order valence-corrected chi connectivity index (χ3v) is 8.87. The minimum Gasteiger partial charge on any atom is -1.00 e. The molecule has 8 aromatic rings. The first kappa shape index (κ1) is 49.4. The molecular formula is C50H56Cl2Zr2-2. The maximum absolute atomic E-state index is 3.34. The fourth-order valence-electron chi connectivity index (χ4n) is 6.59. The van der Waals surface area contributed by atoms with Gasteiger partial charge in [-0.25, -0.2) is 0 Å². The molecule has 8 rings (SSSR count). The molecule has 0 aromatic heterocycles. The summed E-state index contributed by atoms with van der Waals surface area (Å²) in [4.78, 5) is 0. The Morgan fingerprint density at radius 2 is 0.537 bits per heavy atom. The van der Waals surface area contributed by atoms with Crippen LogP contribution in [-0.2, 0) is 74.2 Å². The summed E-state index contributed by atoms with van der Waals surface area (Å²) in [6.45, 7) is 8.88. The van der Waals surface area contributed by atoms with Crippen molar-refractivity contribution in [3.63, 3.8) is 0 Å². The van der Waals surface area contributed by atoms with Crippen LogP contribution in [0.4, 0.5) is 0 Å². The second kappa shape index (κ2) is 28.8. The third-order valence-electron chi connectivity index (χ3n) is 8.87. The van der Waals surface area contributed by atoms with Crippen molar-refractivity contribution in [1.82, 2.24) is 0 Å². The molecule has 0 spiro atoms. The minimum atomic E-state index is 0. The largest absolute Gasteiger partial charge is 1.00 e. The van der Waals surface area contributed by atoms with Gasteiger partial charge in [-0.15, -0.1) is 162 Å². The van der Waals surface area contributed by atoms with Gasteiger partial charge >= 0.3 is 56.9 Å². The van der Waals surface area contributed by atoms with E-state index in [0.717, 1.165) is 0 Å². The van der Waals surface area contributed by atoms with E-state index in [1.54, 1.807) is 0 Å². The van der Waals surface area contributed by atoms with Gasteiger partial charge in [0.15, 0.2) is 0 Å². The summed E-state index contributed by atoms with van der Waals surface area (Å²) < 4.78 is 6.68. The molecule has 0 atom stereocenters. The molecule has 0 amide bonds. The zero-order valence-electron chi connectivity index (χ0n) is 32.7. The van der Waals surface area contributed by atoms with E-state index in [9.17, 15) is 0 Å². The Morgan fingerprint density at radius 1 is 0.352 bits per heavy atom. The van der Waals surface area contributed by atoms with E-state index in [0.29, 0.717) is 0 Å². The molecular weight excluding hydrogens is 854 g/mol. The fourth-order valence-corrected chi connectivity index (χ4v) is 6.59. The molecule has 0 saturated carbocycles. The molecule has 0 fully saturated rings. The van der Waals surface area contributed by atoms with Crippen molar-refractivity contribution in [2.45, 2.75) is 79.1 Å². The van der Waals surface area contributed by atoms with Gasteiger partial charge in [-0.1, -0.05) is 77.6 Å². The Kier molecular flexibility index (Phi) is 26.3. The minimum absolute atomic E-state index is 0. The molecule has 0 radical (unpaired) electrons. The number of aryl methyl sites for hydroxylation is 4. The maximum Gasteiger partial charge on any atom is -1.00 e. The van der Waals surface area contributed by atoms with Gasteiger partial charge in [0.2, 0.25) is 0 Å². The van der Waals surface area contributed by atoms with Crippen LogP contribution < -0.4 is 24.8 Å². The summed E-state index contributed by atoms with van der Waals surface area (Å²) in [6.07, 6.45) is 9.74. The van der Waals surface area contributed by atoms with Crippen LogP contribution in [0.2, 0.25) is 0 Å². The third kappa shape index (κ3) is 15.9. The Hall–Kier alpha value is -2.59. The van der Waals surface area contributed by atoms with Crippen molar-refractivity contribution in [2.75, 3.05) is 0 Å². The van der Waals surface area contributed by atoms with E-state index < -0.39 is 0 Å². The standard InChI is InChI=1S/4C12H13.2CH2.2ClH.2Zr/c4*1-2-5-10-8-11-6-3-4-7-12(11)9-10;;;;;;/h4*3-4,6-9H,2,5H2,1H3;2*1H2;2*1H;;/q4*-1;;;;;2*+2/p-2. The van der Waals surface area contributed by atoms with Gasteiger partial charge in [0.25, 0.3) is 0 Å². The molecule has 4 heteroatoms. The van der Waals surface area contributed by atoms with Crippen LogP contribution in [0.25, 0.3) is 43.1 Å². The summed E-state index contributed by atoms with van der Waals surface area (Å²) in [5.41, 5.74) is 5.88. The van der Waals surface area contributed by atoms with E-state index in [-0.39, 0.29) is 24.8 Å². The first-order chi connectivity index (χ1) is 25.6. The molecule has 0 aliphatic heterocycles. The topological polar surface area (TPSA) is 0 Å². The first-order valence-corrected chi connectivity index (χ1v) is 22.4. The van der Waals surface area contributed by atoms with Crippen LogP contribution in [0.5, 0.6) is 0 Å². The van der Waals surface area contributed by atoms with Gasteiger partial charge < -0.3 is 24.8 Å². The smallest absolute Gasteiger partial charge is 1.00 e. The second-order valence-electron chi connectivity index (χ2n) is 13.0. The average Bonchev–Trinajstić information content (AvgIpc) is 3.98. The molecule has 0 N–H and O–H groups in total. The summed E-state index contributed by atoms with van der Waals surface area (Å²) in [6, 6.07) is 52.5. The zero-order valence-corrected chi connectivity index (χ0v) is 39.1. The van der Waals surface area contributed by atoms with E-state index in [1.165, 1.54) is 165 Å². The average molecular weight is 910 g/mol. The van der Waals surface area contributed by atoms with E-state index in [2.05, 4.69) is 182 Å². The maximum atomic E-state index is 3.34. The number of rotatable bonds is 8. The van der Waals surface area contributed by atoms with Crippen molar-refractivity contribution in [3.8, 4) is 0 Å². The first-order valence-electron chi connectivity index (χ1n) is 18.9. The van der Waals surface area contributed by atoms with Gasteiger partial charge in [0.05, 0.1) is 0 Å². The summed E-state index contributed by atoms with van der Waals surface area (Å²) in [5.74, 6) is 0.